The molecule has 0 saturated heterocycles. The van der Waals surface area contributed by atoms with E-state index in [-0.39, 0.29) is 23.7 Å². The topological polar surface area (TPSA) is 93.8 Å². The Morgan fingerprint density at radius 2 is 1.27 bits per heavy atom. The molecule has 2 N–H and O–H groups in total. The molecule has 30 heavy (non-hydrogen) atoms. The highest BCUT2D eigenvalue weighted by Crippen LogP contribution is 2.34. The van der Waals surface area contributed by atoms with Gasteiger partial charge in [0, 0.05) is 49.7 Å². The fourth-order valence-corrected chi connectivity index (χ4v) is 4.41. The summed E-state index contributed by atoms with van der Waals surface area (Å²) in [5, 5.41) is 6.00. The lowest BCUT2D eigenvalue weighted by Crippen LogP contribution is -2.34. The van der Waals surface area contributed by atoms with Gasteiger partial charge in [-0.05, 0) is 56.8 Å². The van der Waals surface area contributed by atoms with E-state index >= 15 is 0 Å². The van der Waals surface area contributed by atoms with Gasteiger partial charge in [0.05, 0.1) is 0 Å². The predicted octanol–water partition coefficient (Wildman–Crippen LogP) is 3.28. The number of amides is 2. The number of anilines is 2. The molecule has 8 heteroatoms. The SMILES string of the molecule is O=C(Nc1nccn1CC1CC1)C1CCCC(C(=O)Nc2nccn2CC2CC2)C1. The van der Waals surface area contributed by atoms with Gasteiger partial charge in [-0.25, -0.2) is 9.97 Å². The highest BCUT2D eigenvalue weighted by molar-refractivity contribution is 5.94. The van der Waals surface area contributed by atoms with E-state index in [9.17, 15) is 9.59 Å². The second-order valence-electron chi connectivity index (χ2n) is 9.23. The molecule has 160 valence electrons. The number of hydrogen-bond donors (Lipinski definition) is 2. The van der Waals surface area contributed by atoms with E-state index in [1.165, 1.54) is 25.7 Å². The lowest BCUT2D eigenvalue weighted by atomic mass is 9.80. The van der Waals surface area contributed by atoms with Crippen LogP contribution in [0.5, 0.6) is 0 Å². The average molecular weight is 411 g/mol. The van der Waals surface area contributed by atoms with Crippen LogP contribution in [0, 0.1) is 23.7 Å². The van der Waals surface area contributed by atoms with Crippen LogP contribution in [-0.4, -0.2) is 30.9 Å². The summed E-state index contributed by atoms with van der Waals surface area (Å²) in [5.74, 6) is 2.31. The van der Waals surface area contributed by atoms with Crippen molar-refractivity contribution in [1.82, 2.24) is 19.1 Å². The van der Waals surface area contributed by atoms with E-state index in [1.807, 2.05) is 21.5 Å². The molecular formula is C22H30N6O2. The van der Waals surface area contributed by atoms with Crippen LogP contribution in [0.1, 0.15) is 51.4 Å². The van der Waals surface area contributed by atoms with Gasteiger partial charge in [0.15, 0.2) is 0 Å². The zero-order chi connectivity index (χ0) is 20.5. The van der Waals surface area contributed by atoms with Crippen LogP contribution in [0.2, 0.25) is 0 Å². The van der Waals surface area contributed by atoms with Gasteiger partial charge in [0.25, 0.3) is 0 Å². The normalized spacial score (nSPS) is 23.9. The second-order valence-corrected chi connectivity index (χ2v) is 9.23. The van der Waals surface area contributed by atoms with E-state index in [1.54, 1.807) is 12.4 Å². The molecule has 0 radical (unpaired) electrons. The summed E-state index contributed by atoms with van der Waals surface area (Å²) >= 11 is 0. The standard InChI is InChI=1S/C22H30N6O2/c29-19(25-21-23-8-10-27(21)13-15-4-5-15)17-2-1-3-18(12-17)20(30)26-22-24-9-11-28(22)14-16-6-7-16/h8-11,15-18H,1-7,12-14H2,(H,23,25,29)(H,24,26,30). The fraction of sp³-hybridized carbons (Fsp3) is 0.636. The molecule has 3 saturated carbocycles. The van der Waals surface area contributed by atoms with Crippen molar-refractivity contribution in [2.24, 2.45) is 23.7 Å². The van der Waals surface area contributed by atoms with Gasteiger partial charge in [-0.2, -0.15) is 0 Å². The molecule has 3 fully saturated rings. The van der Waals surface area contributed by atoms with Crippen LogP contribution in [0.3, 0.4) is 0 Å². The van der Waals surface area contributed by atoms with Crippen molar-refractivity contribution in [3.63, 3.8) is 0 Å². The van der Waals surface area contributed by atoms with Gasteiger partial charge in [-0.15, -0.1) is 0 Å². The van der Waals surface area contributed by atoms with E-state index in [0.29, 0.717) is 30.2 Å². The Hall–Kier alpha value is -2.64. The van der Waals surface area contributed by atoms with Crippen molar-refractivity contribution in [2.45, 2.75) is 64.5 Å². The molecule has 3 aliphatic rings. The zero-order valence-electron chi connectivity index (χ0n) is 17.3. The Labute approximate surface area is 176 Å². The van der Waals surface area contributed by atoms with E-state index in [0.717, 1.165) is 32.4 Å². The summed E-state index contributed by atoms with van der Waals surface area (Å²) in [6, 6.07) is 0. The number of hydrogen-bond acceptors (Lipinski definition) is 4. The molecule has 2 amide bonds. The molecule has 0 aromatic carbocycles. The van der Waals surface area contributed by atoms with Crippen molar-refractivity contribution < 1.29 is 9.59 Å². The van der Waals surface area contributed by atoms with Crippen LogP contribution in [0.25, 0.3) is 0 Å². The van der Waals surface area contributed by atoms with Gasteiger partial charge >= 0.3 is 0 Å². The summed E-state index contributed by atoms with van der Waals surface area (Å²) in [6.45, 7) is 1.83. The number of nitrogens with one attached hydrogen (secondary N) is 2. The minimum atomic E-state index is -0.160. The first kappa shape index (κ1) is 19.3. The van der Waals surface area contributed by atoms with Crippen molar-refractivity contribution >= 4 is 23.7 Å². The summed E-state index contributed by atoms with van der Waals surface area (Å²) in [5.41, 5.74) is 0. The quantitative estimate of drug-likeness (QED) is 0.698. The average Bonchev–Trinajstić information content (AvgIpc) is 3.65. The van der Waals surface area contributed by atoms with Gasteiger partial charge in [-0.1, -0.05) is 6.42 Å². The van der Waals surface area contributed by atoms with Gasteiger partial charge < -0.3 is 9.13 Å². The van der Waals surface area contributed by atoms with Crippen LogP contribution >= 0.6 is 0 Å². The van der Waals surface area contributed by atoms with Gasteiger partial charge in [-0.3, -0.25) is 20.2 Å². The lowest BCUT2D eigenvalue weighted by Gasteiger charge is -2.27. The summed E-state index contributed by atoms with van der Waals surface area (Å²) in [4.78, 5) is 34.4. The molecule has 2 atom stereocenters. The van der Waals surface area contributed by atoms with E-state index in [4.69, 9.17) is 0 Å². The Bertz CT molecular complexity index is 838. The van der Waals surface area contributed by atoms with Gasteiger partial charge in [0.1, 0.15) is 0 Å². The third-order valence-electron chi connectivity index (χ3n) is 6.62. The zero-order valence-corrected chi connectivity index (χ0v) is 17.3. The Morgan fingerprint density at radius 3 is 1.70 bits per heavy atom. The lowest BCUT2D eigenvalue weighted by molar-refractivity contribution is -0.124. The third kappa shape index (κ3) is 4.57. The third-order valence-corrected chi connectivity index (χ3v) is 6.62. The number of nitrogens with zero attached hydrogens (tertiary/aromatic N) is 4. The van der Waals surface area contributed by atoms with Crippen molar-refractivity contribution in [1.29, 1.82) is 0 Å². The largest absolute Gasteiger partial charge is 0.317 e. The molecule has 8 nitrogen and oxygen atoms in total. The molecular weight excluding hydrogens is 380 g/mol. The molecule has 0 aliphatic heterocycles. The first-order chi connectivity index (χ1) is 14.7. The van der Waals surface area contributed by atoms with Crippen LogP contribution in [0.4, 0.5) is 11.9 Å². The summed E-state index contributed by atoms with van der Waals surface area (Å²) in [6.07, 6.45) is 15.4. The minimum Gasteiger partial charge on any atom is -0.317 e. The molecule has 5 rings (SSSR count). The highest BCUT2D eigenvalue weighted by atomic mass is 16.2. The molecule has 2 unspecified atom stereocenters. The monoisotopic (exact) mass is 410 g/mol. The molecule has 0 bridgehead atoms. The van der Waals surface area contributed by atoms with Gasteiger partial charge in [0.2, 0.25) is 23.7 Å². The van der Waals surface area contributed by atoms with Crippen LogP contribution in [-0.2, 0) is 22.7 Å². The van der Waals surface area contributed by atoms with Crippen molar-refractivity contribution in [3.05, 3.63) is 24.8 Å². The number of rotatable bonds is 8. The molecule has 2 aromatic heterocycles. The maximum absolute atomic E-state index is 12.9. The van der Waals surface area contributed by atoms with Crippen LogP contribution in [0.15, 0.2) is 24.8 Å². The molecule has 0 spiro atoms. The number of aromatic nitrogens is 4. The summed E-state index contributed by atoms with van der Waals surface area (Å²) in [7, 11) is 0. The molecule has 3 aliphatic carbocycles. The van der Waals surface area contributed by atoms with Crippen molar-refractivity contribution in [3.8, 4) is 0 Å². The number of imidazole rings is 2. The van der Waals surface area contributed by atoms with E-state index in [2.05, 4.69) is 20.6 Å². The fourth-order valence-electron chi connectivity index (χ4n) is 4.41. The summed E-state index contributed by atoms with van der Waals surface area (Å²) < 4.78 is 4.06. The Balaban J connectivity index is 1.17. The maximum Gasteiger partial charge on any atom is 0.229 e. The highest BCUT2D eigenvalue weighted by Gasteiger charge is 2.33. The minimum absolute atomic E-state index is 0.0222. The molecule has 2 aromatic rings. The maximum atomic E-state index is 12.9. The first-order valence-corrected chi connectivity index (χ1v) is 11.3. The van der Waals surface area contributed by atoms with E-state index < -0.39 is 0 Å². The Kier molecular flexibility index (Phi) is 5.31. The predicted molar refractivity (Wildman–Crippen MR) is 113 cm³/mol. The second kappa shape index (κ2) is 8.24. The number of carbonyl (C=O) groups is 2. The first-order valence-electron chi connectivity index (χ1n) is 11.3. The smallest absolute Gasteiger partial charge is 0.229 e. The Morgan fingerprint density at radius 1 is 0.800 bits per heavy atom. The number of carbonyl (C=O) groups excluding carboxylic acids is 2. The van der Waals surface area contributed by atoms with Crippen LogP contribution < -0.4 is 10.6 Å². The van der Waals surface area contributed by atoms with Crippen molar-refractivity contribution in [2.75, 3.05) is 10.6 Å². The molecule has 2 heterocycles.